The molecule has 8 aliphatic carbocycles. The van der Waals surface area contributed by atoms with Gasteiger partial charge in [0.1, 0.15) is 5.75 Å². The Morgan fingerprint density at radius 3 is 1.51 bits per heavy atom. The lowest BCUT2D eigenvalue weighted by atomic mass is 9.48. The van der Waals surface area contributed by atoms with Gasteiger partial charge >= 0.3 is 0 Å². The Labute approximate surface area is 210 Å². The van der Waals surface area contributed by atoms with Crippen molar-refractivity contribution in [1.29, 1.82) is 0 Å². The summed E-state index contributed by atoms with van der Waals surface area (Å²) in [5.74, 6) is 6.07. The highest BCUT2D eigenvalue weighted by Crippen LogP contribution is 2.62. The lowest BCUT2D eigenvalue weighted by molar-refractivity contribution is -0.00531. The first-order valence-corrected chi connectivity index (χ1v) is 14.5. The van der Waals surface area contributed by atoms with Crippen LogP contribution >= 0.6 is 0 Å². The number of aliphatic imine (C=N–C) groups is 1. The summed E-state index contributed by atoms with van der Waals surface area (Å²) in [6.45, 7) is 0. The van der Waals surface area contributed by atoms with E-state index in [1.807, 2.05) is 12.3 Å². The molecule has 2 aromatic carbocycles. The first-order valence-electron chi connectivity index (χ1n) is 14.5. The summed E-state index contributed by atoms with van der Waals surface area (Å²) in [6.07, 6.45) is 19.1. The molecule has 0 unspecified atom stereocenters. The molecule has 0 heterocycles. The van der Waals surface area contributed by atoms with E-state index in [1.54, 1.807) is 5.56 Å². The molecule has 8 saturated carbocycles. The third-order valence-corrected chi connectivity index (χ3v) is 11.5. The molecule has 10 rings (SSSR count). The van der Waals surface area contributed by atoms with Gasteiger partial charge in [-0.1, -0.05) is 18.2 Å². The molecular formula is C33H39NO. The lowest BCUT2D eigenvalue weighted by Crippen LogP contribution is -2.48. The number of benzene rings is 2. The highest BCUT2D eigenvalue weighted by Gasteiger charge is 2.52. The summed E-state index contributed by atoms with van der Waals surface area (Å²) < 4.78 is 0. The highest BCUT2D eigenvalue weighted by molar-refractivity contribution is 5.85. The summed E-state index contributed by atoms with van der Waals surface area (Å²) in [7, 11) is 0. The minimum absolute atomic E-state index is 0.352. The zero-order valence-electron chi connectivity index (χ0n) is 21.0. The largest absolute Gasteiger partial charge is 0.507 e. The Morgan fingerprint density at radius 2 is 1.03 bits per heavy atom. The molecular weight excluding hydrogens is 426 g/mol. The van der Waals surface area contributed by atoms with Crippen molar-refractivity contribution in [3.63, 3.8) is 0 Å². The van der Waals surface area contributed by atoms with E-state index in [0.717, 1.165) is 46.8 Å². The molecule has 8 aliphatic rings. The normalized spacial score (nSPS) is 42.9. The molecule has 182 valence electrons. The van der Waals surface area contributed by atoms with Crippen LogP contribution in [0.25, 0.3) is 0 Å². The predicted octanol–water partition coefficient (Wildman–Crippen LogP) is 8.08. The average molecular weight is 466 g/mol. The number of hydrogen-bond donors (Lipinski definition) is 1. The van der Waals surface area contributed by atoms with Gasteiger partial charge in [-0.15, -0.1) is 0 Å². The maximum absolute atomic E-state index is 10.6. The number of nitrogens with zero attached hydrogens (tertiary/aromatic N) is 1. The Bertz CT molecular complexity index is 1100. The summed E-state index contributed by atoms with van der Waals surface area (Å²) >= 11 is 0. The van der Waals surface area contributed by atoms with Gasteiger partial charge in [0, 0.05) is 11.8 Å². The van der Waals surface area contributed by atoms with Crippen molar-refractivity contribution in [2.75, 3.05) is 0 Å². The van der Waals surface area contributed by atoms with Crippen LogP contribution in [0.5, 0.6) is 5.75 Å². The number of phenols is 1. The topological polar surface area (TPSA) is 32.6 Å². The van der Waals surface area contributed by atoms with Gasteiger partial charge in [-0.2, -0.15) is 0 Å². The third-order valence-electron chi connectivity index (χ3n) is 11.5. The molecule has 0 radical (unpaired) electrons. The summed E-state index contributed by atoms with van der Waals surface area (Å²) in [5.41, 5.74) is 5.68. The maximum Gasteiger partial charge on any atom is 0.124 e. The molecule has 0 amide bonds. The van der Waals surface area contributed by atoms with E-state index in [-0.39, 0.29) is 0 Å². The van der Waals surface area contributed by atoms with Crippen LogP contribution in [0.1, 0.15) is 93.7 Å². The standard InChI is InChI=1S/C33H39NO/c35-31-6-3-29(33-17-24-10-25(18-33)12-26(11-24)19-33)13-27(31)20-34-30-4-1-28(2-5-30)32-14-21-7-22(15-32)9-23(8-21)16-32/h1-6,13,20-26,35H,7-12,14-19H2. The minimum atomic E-state index is 0.352. The number of aromatic hydroxyl groups is 1. The summed E-state index contributed by atoms with van der Waals surface area (Å²) in [5, 5.41) is 10.6. The summed E-state index contributed by atoms with van der Waals surface area (Å²) in [4.78, 5) is 4.83. The smallest absolute Gasteiger partial charge is 0.124 e. The van der Waals surface area contributed by atoms with Gasteiger partial charge < -0.3 is 5.11 Å². The van der Waals surface area contributed by atoms with Gasteiger partial charge in [0.05, 0.1) is 5.69 Å². The first kappa shape index (κ1) is 21.0. The van der Waals surface area contributed by atoms with Gasteiger partial charge in [0.25, 0.3) is 0 Å². The van der Waals surface area contributed by atoms with Crippen molar-refractivity contribution in [3.8, 4) is 5.75 Å². The van der Waals surface area contributed by atoms with E-state index in [9.17, 15) is 5.11 Å². The van der Waals surface area contributed by atoms with Gasteiger partial charge in [-0.3, -0.25) is 4.99 Å². The fraction of sp³-hybridized carbons (Fsp3) is 0.606. The second kappa shape index (κ2) is 7.46. The van der Waals surface area contributed by atoms with Crippen molar-refractivity contribution >= 4 is 11.9 Å². The molecule has 0 spiro atoms. The van der Waals surface area contributed by atoms with E-state index in [1.165, 1.54) is 82.6 Å². The summed E-state index contributed by atoms with van der Waals surface area (Å²) in [6, 6.07) is 15.5. The number of hydrogen-bond acceptors (Lipinski definition) is 2. The minimum Gasteiger partial charge on any atom is -0.507 e. The van der Waals surface area contributed by atoms with Gasteiger partial charge in [-0.25, -0.2) is 0 Å². The van der Waals surface area contributed by atoms with Crippen LogP contribution < -0.4 is 0 Å². The Morgan fingerprint density at radius 1 is 0.600 bits per heavy atom. The van der Waals surface area contributed by atoms with E-state index in [2.05, 4.69) is 36.4 Å². The molecule has 2 aromatic rings. The molecule has 0 saturated heterocycles. The van der Waals surface area contributed by atoms with E-state index in [4.69, 9.17) is 4.99 Å². The van der Waals surface area contributed by atoms with Crippen LogP contribution in [-0.2, 0) is 10.8 Å². The maximum atomic E-state index is 10.6. The molecule has 2 heteroatoms. The Hall–Kier alpha value is -2.09. The van der Waals surface area contributed by atoms with Gasteiger partial charge in [-0.05, 0) is 159 Å². The van der Waals surface area contributed by atoms with E-state index in [0.29, 0.717) is 16.6 Å². The average Bonchev–Trinajstić information content (AvgIpc) is 2.82. The zero-order valence-corrected chi connectivity index (χ0v) is 21.0. The van der Waals surface area contributed by atoms with Crippen molar-refractivity contribution in [3.05, 3.63) is 59.2 Å². The van der Waals surface area contributed by atoms with Crippen LogP contribution in [0.3, 0.4) is 0 Å². The first-order chi connectivity index (χ1) is 17.0. The predicted molar refractivity (Wildman–Crippen MR) is 142 cm³/mol. The third kappa shape index (κ3) is 3.38. The molecule has 0 aromatic heterocycles. The van der Waals surface area contributed by atoms with E-state index >= 15 is 0 Å². The van der Waals surface area contributed by atoms with Crippen LogP contribution in [-0.4, -0.2) is 11.3 Å². The fourth-order valence-electron chi connectivity index (χ4n) is 11.0. The van der Waals surface area contributed by atoms with Gasteiger partial charge in [0.15, 0.2) is 0 Å². The molecule has 8 fully saturated rings. The van der Waals surface area contributed by atoms with E-state index < -0.39 is 0 Å². The number of phenolic OH excluding ortho intramolecular Hbond substituents is 1. The highest BCUT2D eigenvalue weighted by atomic mass is 16.3. The number of rotatable bonds is 4. The molecule has 8 bridgehead atoms. The molecule has 35 heavy (non-hydrogen) atoms. The van der Waals surface area contributed by atoms with Crippen LogP contribution in [0.15, 0.2) is 47.5 Å². The van der Waals surface area contributed by atoms with Crippen LogP contribution in [0.4, 0.5) is 5.69 Å². The molecule has 0 aliphatic heterocycles. The van der Waals surface area contributed by atoms with Crippen molar-refractivity contribution in [2.45, 2.75) is 87.9 Å². The fourth-order valence-corrected chi connectivity index (χ4v) is 11.0. The SMILES string of the molecule is Oc1ccc(C23CC4CC(CC(C4)C2)C3)cc1C=Nc1ccc(C23CC4CC(CC(C4)C2)C3)cc1. The molecule has 0 atom stereocenters. The quantitative estimate of drug-likeness (QED) is 0.455. The Balaban J connectivity index is 1.04. The second-order valence-corrected chi connectivity index (χ2v) is 14.0. The zero-order chi connectivity index (χ0) is 23.2. The van der Waals surface area contributed by atoms with Crippen LogP contribution in [0.2, 0.25) is 0 Å². The van der Waals surface area contributed by atoms with Crippen molar-refractivity contribution in [2.24, 2.45) is 40.5 Å². The Kier molecular flexibility index (Phi) is 4.49. The monoisotopic (exact) mass is 465 g/mol. The van der Waals surface area contributed by atoms with Crippen molar-refractivity contribution in [1.82, 2.24) is 0 Å². The molecule has 2 nitrogen and oxygen atoms in total. The molecule has 1 N–H and O–H groups in total. The second-order valence-electron chi connectivity index (χ2n) is 14.0. The van der Waals surface area contributed by atoms with Crippen LogP contribution in [0, 0.1) is 35.5 Å². The van der Waals surface area contributed by atoms with Gasteiger partial charge in [0.2, 0.25) is 0 Å². The van der Waals surface area contributed by atoms with Crippen molar-refractivity contribution < 1.29 is 5.11 Å². The lowest BCUT2D eigenvalue weighted by Gasteiger charge is -2.57.